The van der Waals surface area contributed by atoms with E-state index in [9.17, 15) is 14.4 Å². The van der Waals surface area contributed by atoms with Crippen LogP contribution in [-0.2, 0) is 9.59 Å². The van der Waals surface area contributed by atoms with Crippen molar-refractivity contribution in [2.45, 2.75) is 51.1 Å². The molecule has 3 N–H and O–H groups in total. The van der Waals surface area contributed by atoms with Crippen LogP contribution in [0.4, 0.5) is 11.5 Å². The number of nitrogens with zero attached hydrogens (tertiary/aromatic N) is 1. The third-order valence-electron chi connectivity index (χ3n) is 4.62. The molecule has 2 aromatic rings. The number of aryl methyl sites for hydroxylation is 2. The fourth-order valence-corrected chi connectivity index (χ4v) is 4.08. The number of aromatic amines is 1. The molecule has 0 bridgehead atoms. The Morgan fingerprint density at radius 3 is 2.82 bits per heavy atom. The number of thioether (sulfide) groups is 1. The number of hydrogen-bond acceptors (Lipinski definition) is 5. The van der Waals surface area contributed by atoms with Crippen molar-refractivity contribution in [3.8, 4) is 0 Å². The van der Waals surface area contributed by atoms with E-state index < -0.39 is 5.92 Å². The minimum atomic E-state index is -0.879. The minimum absolute atomic E-state index is 0.0865. The lowest BCUT2D eigenvalue weighted by molar-refractivity contribution is -0.123. The van der Waals surface area contributed by atoms with Gasteiger partial charge in [0, 0.05) is 17.9 Å². The summed E-state index contributed by atoms with van der Waals surface area (Å²) < 4.78 is 0. The Labute approximate surface area is 167 Å². The van der Waals surface area contributed by atoms with Crippen molar-refractivity contribution < 1.29 is 9.59 Å². The fraction of sp³-hybridized carbons (Fsp3) is 0.400. The third kappa shape index (κ3) is 4.44. The highest BCUT2D eigenvalue weighted by Gasteiger charge is 2.34. The van der Waals surface area contributed by atoms with Crippen molar-refractivity contribution >= 4 is 35.1 Å². The molecule has 1 aliphatic rings. The molecule has 2 amide bonds. The molecule has 0 aliphatic carbocycles. The second kappa shape index (κ2) is 8.60. The first kappa shape index (κ1) is 20.1. The minimum Gasteiger partial charge on any atom is -0.325 e. The molecule has 2 heterocycles. The van der Waals surface area contributed by atoms with Crippen LogP contribution >= 0.6 is 11.8 Å². The van der Waals surface area contributed by atoms with Gasteiger partial charge in [0.1, 0.15) is 5.82 Å². The lowest BCUT2D eigenvalue weighted by Crippen LogP contribution is -2.36. The molecule has 0 radical (unpaired) electrons. The molecule has 28 heavy (non-hydrogen) atoms. The molecular formula is C20H24N4O3S. The Morgan fingerprint density at radius 2 is 2.11 bits per heavy atom. The molecule has 0 saturated heterocycles. The quantitative estimate of drug-likeness (QED) is 0.392. The van der Waals surface area contributed by atoms with E-state index >= 15 is 0 Å². The van der Waals surface area contributed by atoms with Gasteiger partial charge in [-0.1, -0.05) is 42.8 Å². The number of carbonyl (C=O) groups excluding carboxylic acids is 2. The SMILES string of the molecule is CCCCSc1nc2c(c(=O)[nH]1)[C@@H](C(=O)Nc1ccc(C)cc1C)CC(=O)N2. The molecule has 1 aromatic carbocycles. The number of benzene rings is 1. The number of unbranched alkanes of at least 4 members (excludes halogenated alkanes) is 1. The monoisotopic (exact) mass is 400 g/mol. The van der Waals surface area contributed by atoms with Gasteiger partial charge in [0.25, 0.3) is 5.56 Å². The summed E-state index contributed by atoms with van der Waals surface area (Å²) >= 11 is 1.43. The van der Waals surface area contributed by atoms with Crippen molar-refractivity contribution in [2.75, 3.05) is 16.4 Å². The van der Waals surface area contributed by atoms with Gasteiger partial charge in [0.05, 0.1) is 11.5 Å². The van der Waals surface area contributed by atoms with Crippen LogP contribution in [-0.4, -0.2) is 27.5 Å². The number of H-pyrrole nitrogens is 1. The Bertz CT molecular complexity index is 970. The van der Waals surface area contributed by atoms with E-state index in [0.29, 0.717) is 10.8 Å². The molecule has 0 unspecified atom stereocenters. The van der Waals surface area contributed by atoms with Crippen molar-refractivity contribution in [1.29, 1.82) is 0 Å². The van der Waals surface area contributed by atoms with Gasteiger partial charge in [-0.05, 0) is 31.9 Å². The highest BCUT2D eigenvalue weighted by atomic mass is 32.2. The van der Waals surface area contributed by atoms with Crippen LogP contribution in [0.5, 0.6) is 0 Å². The van der Waals surface area contributed by atoms with E-state index in [4.69, 9.17) is 0 Å². The normalized spacial score (nSPS) is 15.7. The maximum atomic E-state index is 12.9. The van der Waals surface area contributed by atoms with E-state index in [1.54, 1.807) is 0 Å². The number of rotatable bonds is 6. The number of carbonyl (C=O) groups is 2. The summed E-state index contributed by atoms with van der Waals surface area (Å²) in [5.41, 5.74) is 2.50. The summed E-state index contributed by atoms with van der Waals surface area (Å²) in [6, 6.07) is 5.69. The molecule has 7 nitrogen and oxygen atoms in total. The number of aromatic nitrogens is 2. The van der Waals surface area contributed by atoms with Gasteiger partial charge in [-0.25, -0.2) is 4.98 Å². The first-order chi connectivity index (χ1) is 13.4. The Kier molecular flexibility index (Phi) is 6.18. The molecule has 0 spiro atoms. The van der Waals surface area contributed by atoms with Crippen molar-refractivity contribution in [1.82, 2.24) is 9.97 Å². The average molecular weight is 401 g/mol. The fourth-order valence-electron chi connectivity index (χ4n) is 3.13. The van der Waals surface area contributed by atoms with Gasteiger partial charge < -0.3 is 15.6 Å². The number of fused-ring (bicyclic) bond motifs is 1. The highest BCUT2D eigenvalue weighted by Crippen LogP contribution is 2.31. The van der Waals surface area contributed by atoms with Gasteiger partial charge in [0.15, 0.2) is 5.16 Å². The van der Waals surface area contributed by atoms with Crippen LogP contribution in [0.15, 0.2) is 28.2 Å². The average Bonchev–Trinajstić information content (AvgIpc) is 2.63. The van der Waals surface area contributed by atoms with Gasteiger partial charge in [-0.3, -0.25) is 14.4 Å². The summed E-state index contributed by atoms with van der Waals surface area (Å²) in [5.74, 6) is -0.587. The van der Waals surface area contributed by atoms with Crippen molar-refractivity contribution in [3.05, 3.63) is 45.2 Å². The number of nitrogens with one attached hydrogen (secondary N) is 3. The lowest BCUT2D eigenvalue weighted by Gasteiger charge is -2.24. The number of amides is 2. The summed E-state index contributed by atoms with van der Waals surface area (Å²) in [6.45, 7) is 5.96. The van der Waals surface area contributed by atoms with Crippen LogP contribution in [0, 0.1) is 13.8 Å². The Balaban J connectivity index is 1.88. The topological polar surface area (TPSA) is 104 Å². The summed E-state index contributed by atoms with van der Waals surface area (Å²) in [5, 5.41) is 5.94. The molecule has 3 rings (SSSR count). The summed E-state index contributed by atoms with van der Waals surface area (Å²) in [6.07, 6.45) is 1.95. The third-order valence-corrected chi connectivity index (χ3v) is 5.58. The predicted octanol–water partition coefficient (Wildman–Crippen LogP) is 3.34. The van der Waals surface area contributed by atoms with Crippen LogP contribution in [0.1, 0.15) is 48.8 Å². The maximum absolute atomic E-state index is 12.9. The molecule has 0 fully saturated rings. The van der Waals surface area contributed by atoms with Crippen molar-refractivity contribution in [3.63, 3.8) is 0 Å². The van der Waals surface area contributed by atoms with Gasteiger partial charge in [-0.2, -0.15) is 0 Å². The first-order valence-corrected chi connectivity index (χ1v) is 10.3. The Morgan fingerprint density at radius 1 is 1.32 bits per heavy atom. The molecule has 0 saturated carbocycles. The van der Waals surface area contributed by atoms with Gasteiger partial charge in [-0.15, -0.1) is 0 Å². The molecule has 1 atom stereocenters. The second-order valence-electron chi connectivity index (χ2n) is 6.95. The molecule has 148 valence electrons. The van der Waals surface area contributed by atoms with Crippen LogP contribution in [0.3, 0.4) is 0 Å². The van der Waals surface area contributed by atoms with E-state index in [1.807, 2.05) is 32.0 Å². The lowest BCUT2D eigenvalue weighted by atomic mass is 9.92. The molecule has 1 aromatic heterocycles. The standard InChI is InChI=1S/C20H24N4O3S/c1-4-5-8-28-20-23-17-16(19(27)24-20)13(10-15(25)22-17)18(26)21-14-7-6-11(2)9-12(14)3/h6-7,9,13H,4-5,8,10H2,1-3H3,(H,21,26)(H2,22,23,24,25,27)/t13-/m0/s1. The number of hydrogen-bond donors (Lipinski definition) is 3. The van der Waals surface area contributed by atoms with Gasteiger partial charge in [0.2, 0.25) is 11.8 Å². The Hall–Kier alpha value is -2.61. The maximum Gasteiger partial charge on any atom is 0.257 e. The predicted molar refractivity (Wildman–Crippen MR) is 111 cm³/mol. The summed E-state index contributed by atoms with van der Waals surface area (Å²) in [4.78, 5) is 44.8. The smallest absolute Gasteiger partial charge is 0.257 e. The van der Waals surface area contributed by atoms with Crippen LogP contribution < -0.4 is 16.2 Å². The zero-order valence-electron chi connectivity index (χ0n) is 16.2. The molecule has 8 heteroatoms. The van der Waals surface area contributed by atoms with E-state index in [0.717, 1.165) is 29.7 Å². The molecule has 1 aliphatic heterocycles. The van der Waals surface area contributed by atoms with Crippen LogP contribution in [0.2, 0.25) is 0 Å². The zero-order chi connectivity index (χ0) is 20.3. The van der Waals surface area contributed by atoms with E-state index in [-0.39, 0.29) is 35.2 Å². The van der Waals surface area contributed by atoms with Gasteiger partial charge >= 0.3 is 0 Å². The number of anilines is 2. The van der Waals surface area contributed by atoms with E-state index in [1.165, 1.54) is 11.8 Å². The first-order valence-electron chi connectivity index (χ1n) is 9.34. The van der Waals surface area contributed by atoms with Crippen molar-refractivity contribution in [2.24, 2.45) is 0 Å². The summed E-state index contributed by atoms with van der Waals surface area (Å²) in [7, 11) is 0. The highest BCUT2D eigenvalue weighted by molar-refractivity contribution is 7.99. The van der Waals surface area contributed by atoms with E-state index in [2.05, 4.69) is 27.5 Å². The second-order valence-corrected chi connectivity index (χ2v) is 8.03. The zero-order valence-corrected chi connectivity index (χ0v) is 17.0. The molecular weight excluding hydrogens is 376 g/mol. The van der Waals surface area contributed by atoms with Crippen LogP contribution in [0.25, 0.3) is 0 Å². The largest absolute Gasteiger partial charge is 0.325 e.